The number of hydrogen-bond acceptors (Lipinski definition) is 3. The number of ether oxygens (including phenoxy) is 1. The molecule has 0 spiro atoms. The van der Waals surface area contributed by atoms with E-state index in [1.54, 1.807) is 7.11 Å². The molecule has 0 atom stereocenters. The van der Waals surface area contributed by atoms with Crippen molar-refractivity contribution >= 4 is 11.4 Å². The van der Waals surface area contributed by atoms with Gasteiger partial charge in [0.15, 0.2) is 0 Å². The molecule has 1 aromatic carbocycles. The first kappa shape index (κ1) is 12.6. The van der Waals surface area contributed by atoms with Gasteiger partial charge in [0.05, 0.1) is 12.8 Å². The fraction of sp³-hybridized carbons (Fsp3) is 0.500. The number of benzene rings is 1. The second kappa shape index (κ2) is 5.05. The molecule has 0 fully saturated rings. The molecule has 2 rings (SSSR count). The van der Waals surface area contributed by atoms with Crippen LogP contribution in [-0.2, 0) is 6.54 Å². The summed E-state index contributed by atoms with van der Waals surface area (Å²) in [6.45, 7) is 7.43. The molecule has 4 heteroatoms. The molecule has 3 nitrogen and oxygen atoms in total. The molecule has 1 aromatic rings. The largest absolute Gasteiger partial charge is 0.495 e. The minimum absolute atomic E-state index is 0. The number of fused-ring (bicyclic) bond motifs is 1. The number of anilines is 2. The van der Waals surface area contributed by atoms with Gasteiger partial charge in [-0.05, 0) is 26.0 Å². The Morgan fingerprint density at radius 1 is 1.31 bits per heavy atom. The normalized spacial score (nSPS) is 11.7. The summed E-state index contributed by atoms with van der Waals surface area (Å²) in [5.74, 6) is 0.951. The monoisotopic (exact) mass is 226 g/mol. The van der Waals surface area contributed by atoms with Gasteiger partial charge in [0.1, 0.15) is 5.75 Å². The van der Waals surface area contributed by atoms with Crippen molar-refractivity contribution in [3.05, 3.63) is 17.7 Å². The second-order valence-electron chi connectivity index (χ2n) is 3.67. The summed E-state index contributed by atoms with van der Waals surface area (Å²) in [4.78, 5) is 2.37. The maximum Gasteiger partial charge on any atom is 0.142 e. The molecule has 0 aliphatic carbocycles. The summed E-state index contributed by atoms with van der Waals surface area (Å²) in [6.07, 6.45) is 0. The zero-order valence-corrected chi connectivity index (χ0v) is 10.0. The van der Waals surface area contributed by atoms with Crippen LogP contribution in [0.3, 0.4) is 0 Å². The molecule has 1 aliphatic heterocycles. The highest BCUT2D eigenvalue weighted by molar-refractivity contribution is 5.78. The molecule has 0 unspecified atom stereocenters. The summed E-state index contributed by atoms with van der Waals surface area (Å²) in [7, 11) is 1.71. The van der Waals surface area contributed by atoms with Crippen LogP contribution in [0.1, 0.15) is 19.4 Å². The minimum Gasteiger partial charge on any atom is -0.495 e. The average molecular weight is 226 g/mol. The van der Waals surface area contributed by atoms with E-state index in [9.17, 15) is 0 Å². The number of halogens is 1. The van der Waals surface area contributed by atoms with Crippen LogP contribution in [0.15, 0.2) is 12.1 Å². The number of nitrogens with zero attached hydrogens (tertiary/aromatic N) is 1. The number of methoxy groups -OCH3 is 1. The molecule has 90 valence electrons. The van der Waals surface area contributed by atoms with E-state index in [0.29, 0.717) is 0 Å². The standard InChI is InChI=1S/C12H18N2O.FH/c1-4-14(5-2)10-6-7-11(15-3)12-9(10)8-13-12;/h6-7,13H,4-5,8H2,1-3H3;1H. The van der Waals surface area contributed by atoms with Crippen molar-refractivity contribution < 1.29 is 9.44 Å². The maximum absolute atomic E-state index is 5.30. The Hall–Kier alpha value is -1.45. The van der Waals surface area contributed by atoms with Crippen LogP contribution < -0.4 is 15.0 Å². The van der Waals surface area contributed by atoms with E-state index >= 15 is 0 Å². The Labute approximate surface area is 95.8 Å². The predicted molar refractivity (Wildman–Crippen MR) is 66.4 cm³/mol. The van der Waals surface area contributed by atoms with Crippen molar-refractivity contribution in [3.8, 4) is 5.75 Å². The summed E-state index contributed by atoms with van der Waals surface area (Å²) >= 11 is 0. The van der Waals surface area contributed by atoms with Gasteiger partial charge in [0.2, 0.25) is 0 Å². The first-order valence-corrected chi connectivity index (χ1v) is 5.50. The van der Waals surface area contributed by atoms with E-state index in [1.807, 2.05) is 6.07 Å². The second-order valence-corrected chi connectivity index (χ2v) is 3.67. The molecule has 0 saturated heterocycles. The van der Waals surface area contributed by atoms with E-state index in [0.717, 1.165) is 25.4 Å². The van der Waals surface area contributed by atoms with Crippen molar-refractivity contribution in [3.63, 3.8) is 0 Å². The van der Waals surface area contributed by atoms with Gasteiger partial charge >= 0.3 is 0 Å². The Morgan fingerprint density at radius 2 is 2.00 bits per heavy atom. The molecule has 1 N–H and O–H groups in total. The molecule has 0 saturated carbocycles. The van der Waals surface area contributed by atoms with Gasteiger partial charge in [-0.2, -0.15) is 0 Å². The van der Waals surface area contributed by atoms with Crippen LogP contribution in [0.5, 0.6) is 5.75 Å². The fourth-order valence-corrected chi connectivity index (χ4v) is 2.09. The molecular weight excluding hydrogens is 207 g/mol. The molecule has 0 bridgehead atoms. The minimum atomic E-state index is 0. The van der Waals surface area contributed by atoms with Gasteiger partial charge in [-0.25, -0.2) is 0 Å². The van der Waals surface area contributed by atoms with E-state index in [-0.39, 0.29) is 4.70 Å². The number of nitrogens with one attached hydrogen (secondary N) is 1. The molecule has 16 heavy (non-hydrogen) atoms. The predicted octanol–water partition coefficient (Wildman–Crippen LogP) is 2.62. The third-order valence-electron chi connectivity index (χ3n) is 3.02. The topological polar surface area (TPSA) is 24.5 Å². The van der Waals surface area contributed by atoms with Crippen molar-refractivity contribution in [2.24, 2.45) is 0 Å². The Kier molecular flexibility index (Phi) is 3.99. The third kappa shape index (κ3) is 1.79. The lowest BCUT2D eigenvalue weighted by Crippen LogP contribution is -2.27. The number of rotatable bonds is 4. The zero-order chi connectivity index (χ0) is 10.8. The lowest BCUT2D eigenvalue weighted by atomic mass is 10.0. The van der Waals surface area contributed by atoms with Gasteiger partial charge in [-0.3, -0.25) is 4.70 Å². The third-order valence-corrected chi connectivity index (χ3v) is 3.02. The quantitative estimate of drug-likeness (QED) is 0.854. The fourth-order valence-electron chi connectivity index (χ4n) is 2.09. The van der Waals surface area contributed by atoms with Crippen LogP contribution in [-0.4, -0.2) is 20.2 Å². The van der Waals surface area contributed by atoms with Gasteiger partial charge in [0.25, 0.3) is 0 Å². The Bertz CT molecular complexity index is 364. The lowest BCUT2D eigenvalue weighted by Gasteiger charge is -2.32. The van der Waals surface area contributed by atoms with Gasteiger partial charge in [-0.15, -0.1) is 0 Å². The van der Waals surface area contributed by atoms with Crippen LogP contribution >= 0.6 is 0 Å². The zero-order valence-electron chi connectivity index (χ0n) is 10.0. The molecule has 1 heterocycles. The van der Waals surface area contributed by atoms with E-state index in [1.165, 1.54) is 16.9 Å². The van der Waals surface area contributed by atoms with Crippen LogP contribution in [0.4, 0.5) is 16.1 Å². The summed E-state index contributed by atoms with van der Waals surface area (Å²) in [5, 5.41) is 3.30. The molecule has 0 amide bonds. The summed E-state index contributed by atoms with van der Waals surface area (Å²) < 4.78 is 5.30. The molecule has 0 aromatic heterocycles. The van der Waals surface area contributed by atoms with Crippen molar-refractivity contribution in [2.75, 3.05) is 30.4 Å². The molecule has 1 aliphatic rings. The molecular formula is C12H19FN2O. The van der Waals surface area contributed by atoms with Crippen LogP contribution in [0.25, 0.3) is 0 Å². The number of hydrogen-bond donors (Lipinski definition) is 1. The van der Waals surface area contributed by atoms with E-state index in [2.05, 4.69) is 30.1 Å². The average Bonchev–Trinajstić information content (AvgIpc) is 2.21. The maximum atomic E-state index is 5.30. The Balaban J connectivity index is 0.00000128. The van der Waals surface area contributed by atoms with Crippen LogP contribution in [0, 0.1) is 0 Å². The van der Waals surface area contributed by atoms with E-state index < -0.39 is 0 Å². The van der Waals surface area contributed by atoms with Crippen molar-refractivity contribution in [1.82, 2.24) is 0 Å². The summed E-state index contributed by atoms with van der Waals surface area (Å²) in [6, 6.07) is 4.20. The van der Waals surface area contributed by atoms with Crippen LogP contribution in [0.2, 0.25) is 0 Å². The highest BCUT2D eigenvalue weighted by Gasteiger charge is 2.22. The molecule has 0 radical (unpaired) electrons. The van der Waals surface area contributed by atoms with Crippen molar-refractivity contribution in [1.29, 1.82) is 0 Å². The highest BCUT2D eigenvalue weighted by Crippen LogP contribution is 2.41. The SMILES string of the molecule is CCN(CC)c1ccc(OC)c2c1CN2.F. The first-order valence-electron chi connectivity index (χ1n) is 5.50. The Morgan fingerprint density at radius 3 is 2.44 bits per heavy atom. The van der Waals surface area contributed by atoms with Gasteiger partial charge in [-0.1, -0.05) is 0 Å². The highest BCUT2D eigenvalue weighted by atomic mass is 19.0. The van der Waals surface area contributed by atoms with Gasteiger partial charge in [0, 0.05) is 30.9 Å². The smallest absolute Gasteiger partial charge is 0.142 e. The van der Waals surface area contributed by atoms with Gasteiger partial charge < -0.3 is 15.0 Å². The first-order chi connectivity index (χ1) is 7.31. The lowest BCUT2D eigenvalue weighted by molar-refractivity contribution is 0.414. The van der Waals surface area contributed by atoms with Crippen molar-refractivity contribution in [2.45, 2.75) is 20.4 Å². The van der Waals surface area contributed by atoms with E-state index in [4.69, 9.17) is 4.74 Å². The summed E-state index contributed by atoms with van der Waals surface area (Å²) in [5.41, 5.74) is 3.90.